The molecule has 0 aliphatic heterocycles. The molecule has 0 heterocycles. The van der Waals surface area contributed by atoms with Gasteiger partial charge in [0.25, 0.3) is 0 Å². The minimum Gasteiger partial charge on any atom is -0.283 e. The number of unbranched alkanes of at least 4 members (excludes halogenated alkanes) is 1. The second-order valence-electron chi connectivity index (χ2n) is 3.57. The van der Waals surface area contributed by atoms with E-state index < -0.39 is 10.0 Å². The molecule has 0 aliphatic rings. The SMILES string of the molecule is CCCCS(=O)(=O)Nc1ccccc1CBr. The van der Waals surface area contributed by atoms with Crippen molar-refractivity contribution >= 4 is 31.6 Å². The summed E-state index contributed by atoms with van der Waals surface area (Å²) >= 11 is 3.33. The summed E-state index contributed by atoms with van der Waals surface area (Å²) < 4.78 is 26.0. The highest BCUT2D eigenvalue weighted by Gasteiger charge is 2.11. The zero-order valence-corrected chi connectivity index (χ0v) is 11.6. The third kappa shape index (κ3) is 4.14. The summed E-state index contributed by atoms with van der Waals surface area (Å²) in [5.74, 6) is 0.181. The smallest absolute Gasteiger partial charge is 0.232 e. The van der Waals surface area contributed by atoms with Crippen LogP contribution in [0.1, 0.15) is 25.3 Å². The molecule has 1 rings (SSSR count). The first-order valence-corrected chi connectivity index (χ1v) is 8.01. The van der Waals surface area contributed by atoms with Crippen molar-refractivity contribution in [3.05, 3.63) is 29.8 Å². The number of halogens is 1. The quantitative estimate of drug-likeness (QED) is 0.821. The lowest BCUT2D eigenvalue weighted by Crippen LogP contribution is -2.17. The number of hydrogen-bond donors (Lipinski definition) is 1. The van der Waals surface area contributed by atoms with Gasteiger partial charge in [0.2, 0.25) is 10.0 Å². The molecule has 1 N–H and O–H groups in total. The van der Waals surface area contributed by atoms with E-state index in [2.05, 4.69) is 20.7 Å². The second-order valence-corrected chi connectivity index (χ2v) is 5.97. The van der Waals surface area contributed by atoms with Crippen molar-refractivity contribution in [1.82, 2.24) is 0 Å². The number of para-hydroxylation sites is 1. The van der Waals surface area contributed by atoms with Crippen molar-refractivity contribution in [2.75, 3.05) is 10.5 Å². The Morgan fingerprint density at radius 2 is 2.00 bits per heavy atom. The zero-order valence-electron chi connectivity index (χ0n) is 9.24. The van der Waals surface area contributed by atoms with E-state index in [0.29, 0.717) is 17.4 Å². The zero-order chi connectivity index (χ0) is 12.0. The van der Waals surface area contributed by atoms with Gasteiger partial charge in [-0.05, 0) is 18.1 Å². The summed E-state index contributed by atoms with van der Waals surface area (Å²) in [7, 11) is -3.20. The molecule has 0 bridgehead atoms. The van der Waals surface area contributed by atoms with Crippen LogP contribution in [0.25, 0.3) is 0 Å². The van der Waals surface area contributed by atoms with Gasteiger partial charge >= 0.3 is 0 Å². The van der Waals surface area contributed by atoms with Gasteiger partial charge in [-0.25, -0.2) is 8.42 Å². The summed E-state index contributed by atoms with van der Waals surface area (Å²) in [5, 5.41) is 0.638. The summed E-state index contributed by atoms with van der Waals surface area (Å²) in [6.45, 7) is 1.97. The second kappa shape index (κ2) is 6.25. The molecule has 0 unspecified atom stereocenters. The van der Waals surface area contributed by atoms with Crippen molar-refractivity contribution in [2.24, 2.45) is 0 Å². The van der Waals surface area contributed by atoms with Crippen LogP contribution >= 0.6 is 15.9 Å². The number of alkyl halides is 1. The van der Waals surface area contributed by atoms with Crippen LogP contribution in [0.2, 0.25) is 0 Å². The van der Waals surface area contributed by atoms with Crippen LogP contribution in [-0.2, 0) is 15.4 Å². The van der Waals surface area contributed by atoms with E-state index in [-0.39, 0.29) is 5.75 Å². The van der Waals surface area contributed by atoms with Gasteiger partial charge in [0, 0.05) is 5.33 Å². The summed E-state index contributed by atoms with van der Waals surface area (Å²) in [4.78, 5) is 0. The molecule has 0 spiro atoms. The Kier molecular flexibility index (Phi) is 5.28. The van der Waals surface area contributed by atoms with Gasteiger partial charge in [-0.1, -0.05) is 47.5 Å². The van der Waals surface area contributed by atoms with Crippen LogP contribution in [0.3, 0.4) is 0 Å². The Morgan fingerprint density at radius 1 is 1.31 bits per heavy atom. The van der Waals surface area contributed by atoms with Gasteiger partial charge in [-0.2, -0.15) is 0 Å². The van der Waals surface area contributed by atoms with E-state index in [4.69, 9.17) is 0 Å². The van der Waals surface area contributed by atoms with Crippen molar-refractivity contribution in [1.29, 1.82) is 0 Å². The lowest BCUT2D eigenvalue weighted by Gasteiger charge is -2.10. The molecule has 90 valence electrons. The Balaban J connectivity index is 2.79. The molecular weight excluding hydrogens is 290 g/mol. The van der Waals surface area contributed by atoms with Gasteiger partial charge in [0.05, 0.1) is 11.4 Å². The molecule has 0 aliphatic carbocycles. The highest BCUT2D eigenvalue weighted by molar-refractivity contribution is 9.08. The molecule has 0 saturated heterocycles. The molecule has 0 saturated carbocycles. The van der Waals surface area contributed by atoms with E-state index >= 15 is 0 Å². The third-order valence-electron chi connectivity index (χ3n) is 2.19. The van der Waals surface area contributed by atoms with Gasteiger partial charge < -0.3 is 0 Å². The predicted octanol–water partition coefficient (Wildman–Crippen LogP) is 3.12. The molecule has 16 heavy (non-hydrogen) atoms. The number of rotatable bonds is 6. The average molecular weight is 306 g/mol. The first-order valence-electron chi connectivity index (χ1n) is 5.23. The molecule has 0 amide bonds. The number of benzene rings is 1. The fourth-order valence-corrected chi connectivity index (χ4v) is 3.08. The summed E-state index contributed by atoms with van der Waals surface area (Å²) in [6.07, 6.45) is 1.56. The molecule has 1 aromatic rings. The fraction of sp³-hybridized carbons (Fsp3) is 0.455. The molecular formula is C11H16BrNO2S. The predicted molar refractivity (Wildman–Crippen MR) is 71.4 cm³/mol. The lowest BCUT2D eigenvalue weighted by atomic mass is 10.2. The van der Waals surface area contributed by atoms with E-state index in [1.165, 1.54) is 0 Å². The Morgan fingerprint density at radius 3 is 2.62 bits per heavy atom. The summed E-state index contributed by atoms with van der Waals surface area (Å²) in [5.41, 5.74) is 1.61. The van der Waals surface area contributed by atoms with Gasteiger partial charge in [0.15, 0.2) is 0 Å². The number of hydrogen-bond acceptors (Lipinski definition) is 2. The van der Waals surface area contributed by atoms with E-state index in [1.54, 1.807) is 6.07 Å². The first kappa shape index (κ1) is 13.5. The van der Waals surface area contributed by atoms with Crippen molar-refractivity contribution < 1.29 is 8.42 Å². The average Bonchev–Trinajstić information content (AvgIpc) is 2.27. The lowest BCUT2D eigenvalue weighted by molar-refractivity contribution is 0.598. The number of anilines is 1. The van der Waals surface area contributed by atoms with Gasteiger partial charge in [0.1, 0.15) is 0 Å². The molecule has 0 fully saturated rings. The van der Waals surface area contributed by atoms with Crippen LogP contribution in [-0.4, -0.2) is 14.2 Å². The topological polar surface area (TPSA) is 46.2 Å². The van der Waals surface area contributed by atoms with Crippen molar-refractivity contribution in [3.8, 4) is 0 Å². The first-order chi connectivity index (χ1) is 7.59. The fourth-order valence-electron chi connectivity index (χ4n) is 1.29. The molecule has 0 aromatic heterocycles. The molecule has 1 aromatic carbocycles. The normalized spacial score (nSPS) is 11.4. The van der Waals surface area contributed by atoms with Crippen LogP contribution in [0, 0.1) is 0 Å². The maximum absolute atomic E-state index is 11.7. The standard InChI is InChI=1S/C11H16BrNO2S/c1-2-3-8-16(14,15)13-11-7-5-4-6-10(11)9-12/h4-7,13H,2-3,8-9H2,1H3. The van der Waals surface area contributed by atoms with Gasteiger partial charge in [-0.15, -0.1) is 0 Å². The van der Waals surface area contributed by atoms with Gasteiger partial charge in [-0.3, -0.25) is 4.72 Å². The minimum atomic E-state index is -3.20. The van der Waals surface area contributed by atoms with Crippen LogP contribution in [0.4, 0.5) is 5.69 Å². The summed E-state index contributed by atoms with van der Waals surface area (Å²) in [6, 6.07) is 7.39. The molecule has 5 heteroatoms. The van der Waals surface area contributed by atoms with Crippen LogP contribution < -0.4 is 4.72 Å². The largest absolute Gasteiger partial charge is 0.283 e. The van der Waals surface area contributed by atoms with E-state index in [9.17, 15) is 8.42 Å². The maximum Gasteiger partial charge on any atom is 0.232 e. The Bertz CT molecular complexity index is 431. The Labute approximate surface area is 105 Å². The highest BCUT2D eigenvalue weighted by Crippen LogP contribution is 2.19. The van der Waals surface area contributed by atoms with E-state index in [0.717, 1.165) is 12.0 Å². The van der Waals surface area contributed by atoms with Crippen LogP contribution in [0.15, 0.2) is 24.3 Å². The van der Waals surface area contributed by atoms with Crippen molar-refractivity contribution in [3.63, 3.8) is 0 Å². The number of nitrogens with one attached hydrogen (secondary N) is 1. The molecule has 0 atom stereocenters. The maximum atomic E-state index is 11.7. The minimum absolute atomic E-state index is 0.181. The van der Waals surface area contributed by atoms with Crippen LogP contribution in [0.5, 0.6) is 0 Å². The monoisotopic (exact) mass is 305 g/mol. The third-order valence-corrected chi connectivity index (χ3v) is 4.15. The number of sulfonamides is 1. The molecule has 0 radical (unpaired) electrons. The van der Waals surface area contributed by atoms with E-state index in [1.807, 2.05) is 25.1 Å². The van der Waals surface area contributed by atoms with Crippen molar-refractivity contribution in [2.45, 2.75) is 25.1 Å². The highest BCUT2D eigenvalue weighted by atomic mass is 79.9. The Hall–Kier alpha value is -0.550. The molecule has 3 nitrogen and oxygen atoms in total.